The third-order valence-corrected chi connectivity index (χ3v) is 3.16. The van der Waals surface area contributed by atoms with E-state index in [4.69, 9.17) is 9.47 Å². The molecule has 1 amide bonds. The van der Waals surface area contributed by atoms with E-state index >= 15 is 0 Å². The molecule has 1 aromatic carbocycles. The number of methoxy groups -OCH3 is 1. The van der Waals surface area contributed by atoms with E-state index in [-0.39, 0.29) is 5.91 Å². The molecule has 2 N–H and O–H groups in total. The number of nitrogens with zero attached hydrogens (tertiary/aromatic N) is 2. The lowest BCUT2D eigenvalue weighted by Crippen LogP contribution is -2.30. The molecule has 1 heterocycles. The van der Waals surface area contributed by atoms with Gasteiger partial charge in [0.15, 0.2) is 11.5 Å². The molecule has 2 aromatic rings. The fraction of sp³-hybridized carbons (Fsp3) is 0.353. The normalized spacial score (nSPS) is 10.2. The molecule has 7 nitrogen and oxygen atoms in total. The number of ether oxygens (including phenoxy) is 2. The predicted octanol–water partition coefficient (Wildman–Crippen LogP) is 2.65. The third kappa shape index (κ3) is 4.58. The number of aryl methyl sites for hydroxylation is 2. The zero-order valence-corrected chi connectivity index (χ0v) is 14.3. The molecule has 0 saturated carbocycles. The summed E-state index contributed by atoms with van der Waals surface area (Å²) in [7, 11) is 1.54. The SMILES string of the molecule is CCCOc1ccc(C(=O)NNc2nc(C)cc(C)n2)cc1OC. The number of aromatic nitrogens is 2. The second-order valence-electron chi connectivity index (χ2n) is 5.27. The number of carbonyl (C=O) groups is 1. The minimum Gasteiger partial charge on any atom is -0.493 e. The Morgan fingerprint density at radius 1 is 1.12 bits per heavy atom. The molecule has 0 bridgehead atoms. The van der Waals surface area contributed by atoms with Crippen molar-refractivity contribution in [3.05, 3.63) is 41.2 Å². The molecule has 7 heteroatoms. The van der Waals surface area contributed by atoms with Crippen LogP contribution >= 0.6 is 0 Å². The number of anilines is 1. The monoisotopic (exact) mass is 330 g/mol. The fourth-order valence-electron chi connectivity index (χ4n) is 2.11. The van der Waals surface area contributed by atoms with Crippen LogP contribution in [0.4, 0.5) is 5.95 Å². The summed E-state index contributed by atoms with van der Waals surface area (Å²) in [5.41, 5.74) is 7.36. The maximum Gasteiger partial charge on any atom is 0.269 e. The minimum absolute atomic E-state index is 0.321. The Labute approximate surface area is 141 Å². The Hall–Kier alpha value is -2.83. The molecule has 0 fully saturated rings. The molecule has 1 aromatic heterocycles. The van der Waals surface area contributed by atoms with Crippen LogP contribution in [0.1, 0.15) is 35.1 Å². The molecule has 2 rings (SSSR count). The quantitative estimate of drug-likeness (QED) is 0.759. The van der Waals surface area contributed by atoms with Crippen LogP contribution in [0.5, 0.6) is 11.5 Å². The minimum atomic E-state index is -0.321. The van der Waals surface area contributed by atoms with Crippen LogP contribution in [0.15, 0.2) is 24.3 Å². The van der Waals surface area contributed by atoms with Gasteiger partial charge in [-0.1, -0.05) is 6.92 Å². The molecule has 0 aliphatic heterocycles. The molecule has 128 valence electrons. The number of benzene rings is 1. The maximum absolute atomic E-state index is 12.3. The van der Waals surface area contributed by atoms with E-state index in [1.807, 2.05) is 26.8 Å². The molecule has 24 heavy (non-hydrogen) atoms. The Bertz CT molecular complexity index is 699. The van der Waals surface area contributed by atoms with Crippen LogP contribution in [-0.2, 0) is 0 Å². The van der Waals surface area contributed by atoms with Crippen LogP contribution in [0.25, 0.3) is 0 Å². The van der Waals surface area contributed by atoms with Crippen LogP contribution in [0.2, 0.25) is 0 Å². The maximum atomic E-state index is 12.3. The molecule has 0 aliphatic carbocycles. The topological polar surface area (TPSA) is 85.4 Å². The highest BCUT2D eigenvalue weighted by Gasteiger charge is 2.11. The number of nitrogens with one attached hydrogen (secondary N) is 2. The Morgan fingerprint density at radius 2 is 1.83 bits per heavy atom. The van der Waals surface area contributed by atoms with E-state index in [1.165, 1.54) is 7.11 Å². The lowest BCUT2D eigenvalue weighted by molar-refractivity contribution is 0.0962. The van der Waals surface area contributed by atoms with Gasteiger partial charge in [-0.3, -0.25) is 15.6 Å². The molecule has 0 atom stereocenters. The summed E-state index contributed by atoms with van der Waals surface area (Å²) in [6.45, 7) is 6.34. The van der Waals surface area contributed by atoms with E-state index in [1.54, 1.807) is 18.2 Å². The van der Waals surface area contributed by atoms with Gasteiger partial charge in [-0.2, -0.15) is 0 Å². The predicted molar refractivity (Wildman–Crippen MR) is 91.4 cm³/mol. The van der Waals surface area contributed by atoms with Crippen molar-refractivity contribution in [2.24, 2.45) is 0 Å². The number of carbonyl (C=O) groups excluding carboxylic acids is 1. The van der Waals surface area contributed by atoms with Crippen molar-refractivity contribution >= 4 is 11.9 Å². The summed E-state index contributed by atoms with van der Waals surface area (Å²) in [4.78, 5) is 20.7. The van der Waals surface area contributed by atoms with E-state index in [0.29, 0.717) is 29.6 Å². The first-order valence-electron chi connectivity index (χ1n) is 7.73. The third-order valence-electron chi connectivity index (χ3n) is 3.16. The van der Waals surface area contributed by atoms with Gasteiger partial charge in [-0.05, 0) is 44.5 Å². The van der Waals surface area contributed by atoms with Crippen LogP contribution < -0.4 is 20.3 Å². The number of amides is 1. The van der Waals surface area contributed by atoms with Gasteiger partial charge in [0.25, 0.3) is 5.91 Å². The zero-order chi connectivity index (χ0) is 17.5. The van der Waals surface area contributed by atoms with Crippen molar-refractivity contribution in [1.29, 1.82) is 0 Å². The number of hydrogen-bond donors (Lipinski definition) is 2. The summed E-state index contributed by atoms with van der Waals surface area (Å²) in [6.07, 6.45) is 0.894. The summed E-state index contributed by atoms with van der Waals surface area (Å²) < 4.78 is 10.9. The standard InChI is InChI=1S/C17H22N4O3/c1-5-8-24-14-7-6-13(10-15(14)23-4)16(22)20-21-17-18-11(2)9-12(3)19-17/h6-7,9-10H,5,8H2,1-4H3,(H,20,22)(H,18,19,21). The van der Waals surface area contributed by atoms with E-state index in [9.17, 15) is 4.79 Å². The van der Waals surface area contributed by atoms with Gasteiger partial charge in [0.1, 0.15) is 0 Å². The average Bonchev–Trinajstić information content (AvgIpc) is 2.56. The Kier molecular flexibility index (Phi) is 5.95. The largest absolute Gasteiger partial charge is 0.493 e. The van der Waals surface area contributed by atoms with Gasteiger partial charge in [-0.25, -0.2) is 9.97 Å². The summed E-state index contributed by atoms with van der Waals surface area (Å²) >= 11 is 0. The lowest BCUT2D eigenvalue weighted by Gasteiger charge is -2.12. The van der Waals surface area contributed by atoms with Gasteiger partial charge in [-0.15, -0.1) is 0 Å². The second kappa shape index (κ2) is 8.14. The van der Waals surface area contributed by atoms with Gasteiger partial charge in [0.2, 0.25) is 5.95 Å². The van der Waals surface area contributed by atoms with Gasteiger partial charge >= 0.3 is 0 Å². The Morgan fingerprint density at radius 3 is 2.46 bits per heavy atom. The second-order valence-corrected chi connectivity index (χ2v) is 5.27. The molecular formula is C17H22N4O3. The molecular weight excluding hydrogens is 308 g/mol. The highest BCUT2D eigenvalue weighted by Crippen LogP contribution is 2.28. The van der Waals surface area contributed by atoms with Crippen molar-refractivity contribution in [3.63, 3.8) is 0 Å². The first-order valence-corrected chi connectivity index (χ1v) is 7.73. The first kappa shape index (κ1) is 17.5. The smallest absolute Gasteiger partial charge is 0.269 e. The molecule has 0 saturated heterocycles. The van der Waals surface area contributed by atoms with Crippen LogP contribution in [0, 0.1) is 13.8 Å². The Balaban J connectivity index is 2.06. The van der Waals surface area contributed by atoms with E-state index in [2.05, 4.69) is 20.8 Å². The lowest BCUT2D eigenvalue weighted by atomic mass is 10.2. The molecule has 0 spiro atoms. The summed E-state index contributed by atoms with van der Waals surface area (Å²) in [5.74, 6) is 1.15. The highest BCUT2D eigenvalue weighted by molar-refractivity contribution is 5.95. The summed E-state index contributed by atoms with van der Waals surface area (Å²) in [6, 6.07) is 6.88. The van der Waals surface area contributed by atoms with Crippen molar-refractivity contribution in [1.82, 2.24) is 15.4 Å². The van der Waals surface area contributed by atoms with Gasteiger partial charge < -0.3 is 9.47 Å². The average molecular weight is 330 g/mol. The van der Waals surface area contributed by atoms with Gasteiger partial charge in [0.05, 0.1) is 13.7 Å². The van der Waals surface area contributed by atoms with Crippen molar-refractivity contribution < 1.29 is 14.3 Å². The molecule has 0 unspecified atom stereocenters. The van der Waals surface area contributed by atoms with Crippen LogP contribution in [-0.4, -0.2) is 29.6 Å². The summed E-state index contributed by atoms with van der Waals surface area (Å²) in [5, 5.41) is 0. The van der Waals surface area contributed by atoms with E-state index in [0.717, 1.165) is 17.8 Å². The number of hydrogen-bond acceptors (Lipinski definition) is 6. The van der Waals surface area contributed by atoms with E-state index < -0.39 is 0 Å². The molecule has 0 radical (unpaired) electrons. The van der Waals surface area contributed by atoms with Crippen molar-refractivity contribution in [2.45, 2.75) is 27.2 Å². The zero-order valence-electron chi connectivity index (χ0n) is 14.3. The van der Waals surface area contributed by atoms with Crippen LogP contribution in [0.3, 0.4) is 0 Å². The van der Waals surface area contributed by atoms with Crippen molar-refractivity contribution in [3.8, 4) is 11.5 Å². The fourth-order valence-corrected chi connectivity index (χ4v) is 2.11. The highest BCUT2D eigenvalue weighted by atomic mass is 16.5. The number of rotatable bonds is 7. The van der Waals surface area contributed by atoms with Gasteiger partial charge in [0, 0.05) is 17.0 Å². The molecule has 0 aliphatic rings. The van der Waals surface area contributed by atoms with Crippen molar-refractivity contribution in [2.75, 3.05) is 19.1 Å². The first-order chi connectivity index (χ1) is 11.5. The number of hydrazine groups is 1.